The molecular weight excluding hydrogens is 529 g/mol. The second-order valence-corrected chi connectivity index (χ2v) is 13.3. The van der Waals surface area contributed by atoms with Crippen LogP contribution in [0.2, 0.25) is 0 Å². The predicted octanol–water partition coefficient (Wildman–Crippen LogP) is 5.13. The lowest BCUT2D eigenvalue weighted by Crippen LogP contribution is -2.58. The average molecular weight is 572 g/mol. The number of nitrogens with zero attached hydrogens (tertiary/aromatic N) is 3. The molecule has 2 aliphatic heterocycles. The number of hydrogen-bond acceptors (Lipinski definition) is 6. The second kappa shape index (κ2) is 12.8. The van der Waals surface area contributed by atoms with E-state index in [1.165, 1.54) is 30.4 Å². The summed E-state index contributed by atoms with van der Waals surface area (Å²) in [5, 5.41) is 6.32. The number of urea groups is 1. The van der Waals surface area contributed by atoms with E-state index >= 15 is 0 Å². The smallest absolute Gasteiger partial charge is 0.321 e. The van der Waals surface area contributed by atoms with Gasteiger partial charge < -0.3 is 15.1 Å². The molecule has 3 amide bonds. The van der Waals surface area contributed by atoms with Crippen LogP contribution < -0.4 is 10.6 Å². The van der Waals surface area contributed by atoms with Gasteiger partial charge in [-0.2, -0.15) is 0 Å². The summed E-state index contributed by atoms with van der Waals surface area (Å²) in [5.41, 5.74) is 1.26. The van der Waals surface area contributed by atoms with E-state index in [2.05, 4.69) is 20.5 Å². The number of halogens is 1. The Morgan fingerprint density at radius 2 is 1.82 bits per heavy atom. The van der Waals surface area contributed by atoms with Crippen LogP contribution in [0.4, 0.5) is 14.3 Å². The maximum Gasteiger partial charge on any atom is 0.321 e. The topological polar surface area (TPSA) is 94.6 Å². The van der Waals surface area contributed by atoms with Crippen LogP contribution in [0.5, 0.6) is 0 Å². The summed E-state index contributed by atoms with van der Waals surface area (Å²) in [7, 11) is 0. The highest BCUT2D eigenvalue weighted by atomic mass is 32.1. The van der Waals surface area contributed by atoms with Gasteiger partial charge in [-0.25, -0.2) is 14.2 Å². The third kappa shape index (κ3) is 7.87. The van der Waals surface area contributed by atoms with Crippen molar-refractivity contribution in [3.8, 4) is 0 Å². The highest BCUT2D eigenvalue weighted by Crippen LogP contribution is 2.28. The number of benzene rings is 1. The molecule has 2 aromatic rings. The lowest BCUT2D eigenvalue weighted by molar-refractivity contribution is -0.141. The molecule has 10 heteroatoms. The number of aryl methyl sites for hydroxylation is 1. The molecule has 3 heterocycles. The highest BCUT2D eigenvalue weighted by molar-refractivity contribution is 7.17. The van der Waals surface area contributed by atoms with Gasteiger partial charge >= 0.3 is 6.03 Å². The Kier molecular flexibility index (Phi) is 9.61. The maximum absolute atomic E-state index is 13.3. The number of aromatic nitrogens is 1. The number of hydrogen-bond donors (Lipinski definition) is 2. The van der Waals surface area contributed by atoms with E-state index < -0.39 is 5.41 Å². The van der Waals surface area contributed by atoms with Gasteiger partial charge in [-0.3, -0.25) is 14.9 Å². The molecule has 0 unspecified atom stereocenters. The lowest BCUT2D eigenvalue weighted by Gasteiger charge is -2.43. The Bertz CT molecular complexity index is 1210. The number of likely N-dealkylation sites (tertiary alicyclic amines) is 2. The molecule has 2 fully saturated rings. The van der Waals surface area contributed by atoms with Crippen LogP contribution in [-0.4, -0.2) is 71.3 Å². The van der Waals surface area contributed by atoms with Gasteiger partial charge in [0.05, 0.1) is 16.6 Å². The van der Waals surface area contributed by atoms with Gasteiger partial charge in [-0.15, -0.1) is 0 Å². The van der Waals surface area contributed by atoms with Crippen LogP contribution in [0.3, 0.4) is 0 Å². The molecule has 2 aliphatic rings. The van der Waals surface area contributed by atoms with Gasteiger partial charge in [-0.1, -0.05) is 44.2 Å². The fraction of sp³-hybridized carbons (Fsp3) is 0.600. The molecule has 3 atom stereocenters. The van der Waals surface area contributed by atoms with Gasteiger partial charge in [0.2, 0.25) is 5.91 Å². The van der Waals surface area contributed by atoms with Crippen LogP contribution >= 0.6 is 11.3 Å². The average Bonchev–Trinajstić information content (AvgIpc) is 3.25. The molecule has 0 radical (unpaired) electrons. The van der Waals surface area contributed by atoms with Gasteiger partial charge in [0, 0.05) is 38.5 Å². The molecule has 2 N–H and O–H groups in total. The first-order valence-corrected chi connectivity index (χ1v) is 15.0. The van der Waals surface area contributed by atoms with E-state index in [1.54, 1.807) is 6.92 Å². The van der Waals surface area contributed by atoms with Crippen LogP contribution in [0.25, 0.3) is 0 Å². The number of Topliss-reactive ketones (excluding diaryl/α,β-unsaturated/α-hetero) is 1. The maximum atomic E-state index is 13.3. The third-order valence-electron chi connectivity index (χ3n) is 7.87. The van der Waals surface area contributed by atoms with Crippen LogP contribution in [0, 0.1) is 30.0 Å². The number of amides is 3. The van der Waals surface area contributed by atoms with Crippen molar-refractivity contribution < 1.29 is 18.8 Å². The minimum Gasteiger partial charge on any atom is -0.340 e. The monoisotopic (exact) mass is 571 g/mol. The zero-order valence-corrected chi connectivity index (χ0v) is 25.1. The summed E-state index contributed by atoms with van der Waals surface area (Å²) in [6, 6.07) is 6.20. The first kappa shape index (κ1) is 30.1. The van der Waals surface area contributed by atoms with Crippen LogP contribution in [0.1, 0.15) is 67.9 Å². The molecule has 40 heavy (non-hydrogen) atoms. The SMILES string of the molecule is CC(=O)c1sc(NC(=O)N[C@H]2CN(C(=O)C(C)(C)C)CC[C@H]2CN2CCC[C@@H](Cc3ccc(F)cc3)C2)nc1C. The molecule has 4 rings (SSSR count). The minimum atomic E-state index is -0.498. The van der Waals surface area contributed by atoms with E-state index in [-0.39, 0.29) is 35.5 Å². The molecule has 2 saturated heterocycles. The Hall–Kier alpha value is -2.85. The minimum absolute atomic E-state index is 0.0774. The van der Waals surface area contributed by atoms with Gasteiger partial charge in [0.15, 0.2) is 10.9 Å². The van der Waals surface area contributed by atoms with Gasteiger partial charge in [0.25, 0.3) is 0 Å². The Labute approximate surface area is 240 Å². The molecule has 8 nitrogen and oxygen atoms in total. The summed E-state index contributed by atoms with van der Waals surface area (Å²) in [4.78, 5) is 47.2. The summed E-state index contributed by atoms with van der Waals surface area (Å²) in [5.74, 6) is 0.478. The number of carbonyl (C=O) groups is 3. The molecule has 1 aromatic carbocycles. The Morgan fingerprint density at radius 3 is 2.48 bits per heavy atom. The standard InChI is InChI=1S/C30H42FN5O3S/c1-19-26(20(2)37)40-29(32-19)34-28(39)33-25-18-36(27(38)30(3,4)5)14-12-23(25)17-35-13-6-7-22(16-35)15-21-8-10-24(31)11-9-21/h8-11,22-23,25H,6-7,12-18H2,1-5H3,(H2,32,33,34,39)/t22-,23-,25-/m0/s1. The quantitative estimate of drug-likeness (QED) is 0.449. The molecule has 0 aliphatic carbocycles. The second-order valence-electron chi connectivity index (χ2n) is 12.3. The lowest BCUT2D eigenvalue weighted by atomic mass is 9.86. The number of carbonyl (C=O) groups excluding carboxylic acids is 3. The predicted molar refractivity (Wildman–Crippen MR) is 156 cm³/mol. The first-order valence-electron chi connectivity index (χ1n) is 14.2. The zero-order chi connectivity index (χ0) is 29.0. The van der Waals surface area contributed by atoms with Crippen molar-refractivity contribution in [1.82, 2.24) is 20.1 Å². The normalized spacial score (nSPS) is 22.1. The largest absolute Gasteiger partial charge is 0.340 e. The van der Waals surface area contributed by atoms with Crippen molar-refractivity contribution >= 4 is 34.2 Å². The fourth-order valence-corrected chi connectivity index (χ4v) is 6.75. The van der Waals surface area contributed by atoms with Gasteiger partial charge in [-0.05, 0) is 68.7 Å². The van der Waals surface area contributed by atoms with Crippen molar-refractivity contribution in [2.75, 3.05) is 38.0 Å². The van der Waals surface area contributed by atoms with E-state index in [0.29, 0.717) is 34.7 Å². The zero-order valence-electron chi connectivity index (χ0n) is 24.3. The number of thiazole rings is 1. The summed E-state index contributed by atoms with van der Waals surface area (Å²) < 4.78 is 13.3. The Balaban J connectivity index is 1.42. The summed E-state index contributed by atoms with van der Waals surface area (Å²) in [6.07, 6.45) is 3.98. The molecule has 0 bridgehead atoms. The van der Waals surface area contributed by atoms with Crippen LogP contribution in [0.15, 0.2) is 24.3 Å². The number of nitrogens with one attached hydrogen (secondary N) is 2. The first-order chi connectivity index (χ1) is 18.9. The summed E-state index contributed by atoms with van der Waals surface area (Å²) >= 11 is 1.17. The van der Waals surface area contributed by atoms with Gasteiger partial charge in [0.1, 0.15) is 5.82 Å². The Morgan fingerprint density at radius 1 is 1.10 bits per heavy atom. The van der Waals surface area contributed by atoms with Crippen molar-refractivity contribution in [2.24, 2.45) is 17.3 Å². The highest BCUT2D eigenvalue weighted by Gasteiger charge is 2.37. The number of rotatable bonds is 7. The van der Waals surface area contributed by atoms with E-state index in [9.17, 15) is 18.8 Å². The van der Waals surface area contributed by atoms with E-state index in [4.69, 9.17) is 0 Å². The number of anilines is 1. The molecule has 218 valence electrons. The fourth-order valence-electron chi connectivity index (χ4n) is 5.89. The van der Waals surface area contributed by atoms with Crippen molar-refractivity contribution in [3.63, 3.8) is 0 Å². The molecule has 1 aromatic heterocycles. The number of piperidine rings is 2. The van der Waals surface area contributed by atoms with Crippen molar-refractivity contribution in [2.45, 2.75) is 66.3 Å². The van der Waals surface area contributed by atoms with E-state index in [1.807, 2.05) is 37.8 Å². The molecular formula is C30H42FN5O3S. The molecule has 0 saturated carbocycles. The third-order valence-corrected chi connectivity index (χ3v) is 9.05. The van der Waals surface area contributed by atoms with Crippen molar-refractivity contribution in [3.05, 3.63) is 46.2 Å². The van der Waals surface area contributed by atoms with Crippen molar-refractivity contribution in [1.29, 1.82) is 0 Å². The molecule has 0 spiro atoms. The van der Waals surface area contributed by atoms with Crippen LogP contribution in [-0.2, 0) is 11.2 Å². The summed E-state index contributed by atoms with van der Waals surface area (Å²) in [6.45, 7) is 12.9. The van der Waals surface area contributed by atoms with E-state index in [0.717, 1.165) is 50.9 Å². The number of ketones is 1.